The van der Waals surface area contributed by atoms with Crippen molar-refractivity contribution in [3.63, 3.8) is 0 Å². The zero-order valence-corrected chi connectivity index (χ0v) is 22.3. The molecule has 4 aromatic rings. The zero-order valence-electron chi connectivity index (χ0n) is 22.3. The van der Waals surface area contributed by atoms with E-state index in [1.807, 2.05) is 36.4 Å². The van der Waals surface area contributed by atoms with Crippen LogP contribution in [0.2, 0.25) is 0 Å². The van der Waals surface area contributed by atoms with Crippen LogP contribution in [0.15, 0.2) is 91.0 Å². The minimum Gasteiger partial charge on any atom is -0.425 e. The minimum atomic E-state index is -4.47. The Morgan fingerprint density at radius 3 is 2.15 bits per heavy atom. The van der Waals surface area contributed by atoms with Gasteiger partial charge in [-0.15, -0.1) is 0 Å². The molecule has 1 heterocycles. The molecule has 1 aliphatic heterocycles. The standard InChI is InChI=1S/C34H33F3O3/c35-34(36,37)28-20-18-26(16-9-4-2-1-3-6-12-24-13-7-5-8-14-24)30(23-28)31-32(40-31)33(38)39-29-21-19-25-15-10-11-17-27(25)22-29/h5,7-8,10-11,13-15,17-23,31-32H,1-4,6,9,12,16H2/t31-,32+/m0/s1. The van der Waals surface area contributed by atoms with Gasteiger partial charge in [-0.3, -0.25) is 0 Å². The Kier molecular flexibility index (Phi) is 8.85. The molecule has 0 amide bonds. The number of fused-ring (bicyclic) bond motifs is 1. The highest BCUT2D eigenvalue weighted by atomic mass is 19.4. The summed E-state index contributed by atoms with van der Waals surface area (Å²) in [5.74, 6) is -0.217. The molecule has 208 valence electrons. The van der Waals surface area contributed by atoms with Crippen LogP contribution in [0.5, 0.6) is 5.75 Å². The van der Waals surface area contributed by atoms with Gasteiger partial charge in [0, 0.05) is 0 Å². The molecule has 1 fully saturated rings. The molecule has 5 rings (SSSR count). The van der Waals surface area contributed by atoms with Crippen molar-refractivity contribution in [2.75, 3.05) is 0 Å². The Labute approximate surface area is 232 Å². The van der Waals surface area contributed by atoms with E-state index < -0.39 is 29.9 Å². The fourth-order valence-electron chi connectivity index (χ4n) is 5.19. The van der Waals surface area contributed by atoms with Gasteiger partial charge in [-0.05, 0) is 77.4 Å². The first-order valence-electron chi connectivity index (χ1n) is 14.0. The van der Waals surface area contributed by atoms with E-state index in [4.69, 9.17) is 9.47 Å². The molecule has 0 unspecified atom stereocenters. The molecular formula is C34H33F3O3. The number of carbonyl (C=O) groups is 1. The van der Waals surface area contributed by atoms with E-state index in [2.05, 4.69) is 24.3 Å². The number of esters is 1. The van der Waals surface area contributed by atoms with Gasteiger partial charge in [0.05, 0.1) is 5.56 Å². The molecule has 0 aliphatic carbocycles. The second-order valence-electron chi connectivity index (χ2n) is 10.4. The van der Waals surface area contributed by atoms with E-state index in [0.717, 1.165) is 73.4 Å². The molecule has 6 heteroatoms. The Morgan fingerprint density at radius 2 is 1.40 bits per heavy atom. The summed E-state index contributed by atoms with van der Waals surface area (Å²) in [5, 5.41) is 1.95. The van der Waals surface area contributed by atoms with Crippen LogP contribution in [0, 0.1) is 0 Å². The number of halogens is 3. The normalized spacial score (nSPS) is 16.7. The number of hydrogen-bond acceptors (Lipinski definition) is 3. The number of alkyl halides is 3. The molecule has 0 aromatic heterocycles. The number of hydrogen-bond donors (Lipinski definition) is 0. The van der Waals surface area contributed by atoms with Crippen LogP contribution < -0.4 is 4.74 Å². The van der Waals surface area contributed by atoms with E-state index in [1.165, 1.54) is 11.6 Å². The van der Waals surface area contributed by atoms with Crippen molar-refractivity contribution in [3.05, 3.63) is 113 Å². The molecule has 2 atom stereocenters. The lowest BCUT2D eigenvalue weighted by Gasteiger charge is -2.13. The van der Waals surface area contributed by atoms with Crippen molar-refractivity contribution in [2.45, 2.75) is 69.8 Å². The predicted octanol–water partition coefficient (Wildman–Crippen LogP) is 9.03. The third kappa shape index (κ3) is 7.30. The second-order valence-corrected chi connectivity index (χ2v) is 10.4. The molecule has 0 N–H and O–H groups in total. The van der Waals surface area contributed by atoms with Crippen LogP contribution in [0.25, 0.3) is 10.8 Å². The molecule has 0 radical (unpaired) electrons. The molecule has 1 saturated heterocycles. The molecule has 40 heavy (non-hydrogen) atoms. The largest absolute Gasteiger partial charge is 0.425 e. The van der Waals surface area contributed by atoms with Crippen LogP contribution >= 0.6 is 0 Å². The van der Waals surface area contributed by atoms with Gasteiger partial charge < -0.3 is 9.47 Å². The number of epoxide rings is 1. The molecule has 1 aliphatic rings. The first-order valence-corrected chi connectivity index (χ1v) is 14.0. The Balaban J connectivity index is 1.14. The number of benzene rings is 4. The van der Waals surface area contributed by atoms with E-state index in [-0.39, 0.29) is 0 Å². The summed E-state index contributed by atoms with van der Waals surface area (Å²) in [5.41, 5.74) is 1.85. The summed E-state index contributed by atoms with van der Waals surface area (Å²) in [6, 6.07) is 27.3. The number of unbranched alkanes of at least 4 members (excludes halogenated alkanes) is 5. The van der Waals surface area contributed by atoms with Crippen LogP contribution in [0.4, 0.5) is 13.2 Å². The molecule has 4 aromatic carbocycles. The van der Waals surface area contributed by atoms with E-state index in [1.54, 1.807) is 12.1 Å². The van der Waals surface area contributed by atoms with Crippen LogP contribution in [0.3, 0.4) is 0 Å². The summed E-state index contributed by atoms with van der Waals surface area (Å²) in [6.07, 6.45) is 2.03. The lowest BCUT2D eigenvalue weighted by atomic mass is 9.95. The third-order valence-corrected chi connectivity index (χ3v) is 7.45. The lowest BCUT2D eigenvalue weighted by molar-refractivity contribution is -0.137. The Morgan fingerprint density at radius 1 is 0.725 bits per heavy atom. The van der Waals surface area contributed by atoms with Gasteiger partial charge in [0.2, 0.25) is 0 Å². The fourth-order valence-corrected chi connectivity index (χ4v) is 5.19. The Hall–Kier alpha value is -3.64. The molecule has 3 nitrogen and oxygen atoms in total. The molecular weight excluding hydrogens is 513 g/mol. The van der Waals surface area contributed by atoms with Crippen molar-refractivity contribution in [2.24, 2.45) is 0 Å². The van der Waals surface area contributed by atoms with E-state index in [0.29, 0.717) is 17.7 Å². The lowest BCUT2D eigenvalue weighted by Crippen LogP contribution is -2.16. The van der Waals surface area contributed by atoms with Crippen LogP contribution in [0.1, 0.15) is 66.9 Å². The average molecular weight is 547 g/mol. The summed E-state index contributed by atoms with van der Waals surface area (Å²) < 4.78 is 51.6. The van der Waals surface area contributed by atoms with E-state index in [9.17, 15) is 18.0 Å². The third-order valence-electron chi connectivity index (χ3n) is 7.45. The Bertz CT molecular complexity index is 1430. The van der Waals surface area contributed by atoms with Crippen LogP contribution in [-0.2, 0) is 28.5 Å². The first-order chi connectivity index (χ1) is 19.4. The van der Waals surface area contributed by atoms with Gasteiger partial charge in [-0.25, -0.2) is 4.79 Å². The highest BCUT2D eigenvalue weighted by molar-refractivity contribution is 5.86. The van der Waals surface area contributed by atoms with Crippen molar-refractivity contribution in [3.8, 4) is 5.75 Å². The SMILES string of the molecule is O=C(Oc1ccc2ccccc2c1)[C@@H]1O[C@H]1c1cc(C(F)(F)F)ccc1CCCCCCCCc1ccccc1. The highest BCUT2D eigenvalue weighted by Crippen LogP contribution is 2.43. The molecule has 0 bridgehead atoms. The summed E-state index contributed by atoms with van der Waals surface area (Å²) in [4.78, 5) is 12.8. The van der Waals surface area contributed by atoms with Gasteiger partial charge in [0.15, 0.2) is 6.10 Å². The van der Waals surface area contributed by atoms with Gasteiger partial charge in [0.25, 0.3) is 0 Å². The number of rotatable bonds is 12. The zero-order chi connectivity index (χ0) is 28.0. The topological polar surface area (TPSA) is 38.8 Å². The quantitative estimate of drug-likeness (QED) is 0.0770. The number of carbonyl (C=O) groups excluding carboxylic acids is 1. The molecule has 0 spiro atoms. The second kappa shape index (κ2) is 12.7. The van der Waals surface area contributed by atoms with Gasteiger partial charge in [-0.1, -0.05) is 92.4 Å². The van der Waals surface area contributed by atoms with Crippen molar-refractivity contribution >= 4 is 16.7 Å². The highest BCUT2D eigenvalue weighted by Gasteiger charge is 2.49. The minimum absolute atomic E-state index is 0.381. The van der Waals surface area contributed by atoms with Crippen molar-refractivity contribution in [1.29, 1.82) is 0 Å². The first kappa shape index (κ1) is 27.9. The average Bonchev–Trinajstić information content (AvgIpc) is 3.76. The van der Waals surface area contributed by atoms with E-state index >= 15 is 0 Å². The summed E-state index contributed by atoms with van der Waals surface area (Å²) in [7, 11) is 0. The maximum atomic E-state index is 13.5. The predicted molar refractivity (Wildman–Crippen MR) is 150 cm³/mol. The van der Waals surface area contributed by atoms with Gasteiger partial charge >= 0.3 is 12.1 Å². The van der Waals surface area contributed by atoms with Crippen molar-refractivity contribution in [1.82, 2.24) is 0 Å². The fraction of sp³-hybridized carbons (Fsp3) is 0.324. The summed E-state index contributed by atoms with van der Waals surface area (Å²) in [6.45, 7) is 0. The number of aryl methyl sites for hydroxylation is 2. The number of ether oxygens (including phenoxy) is 2. The van der Waals surface area contributed by atoms with Crippen molar-refractivity contribution < 1.29 is 27.4 Å². The van der Waals surface area contributed by atoms with Gasteiger partial charge in [0.1, 0.15) is 11.9 Å². The maximum Gasteiger partial charge on any atom is 0.416 e. The smallest absolute Gasteiger partial charge is 0.416 e. The monoisotopic (exact) mass is 546 g/mol. The van der Waals surface area contributed by atoms with Crippen LogP contribution in [-0.4, -0.2) is 12.1 Å². The van der Waals surface area contributed by atoms with Gasteiger partial charge in [-0.2, -0.15) is 13.2 Å². The maximum absolute atomic E-state index is 13.5. The molecule has 0 saturated carbocycles. The summed E-state index contributed by atoms with van der Waals surface area (Å²) >= 11 is 0.